The van der Waals surface area contributed by atoms with Gasteiger partial charge in [0, 0.05) is 54.9 Å². The molecule has 10 heteroatoms. The Kier molecular flexibility index (Phi) is 8.81. The summed E-state index contributed by atoms with van der Waals surface area (Å²) in [6.07, 6.45) is 3.00. The van der Waals surface area contributed by atoms with Gasteiger partial charge in [-0.15, -0.1) is 0 Å². The molecule has 0 spiro atoms. The van der Waals surface area contributed by atoms with Crippen molar-refractivity contribution in [2.45, 2.75) is 27.0 Å². The Hall–Kier alpha value is -4.41. The molecule has 1 aliphatic heterocycles. The van der Waals surface area contributed by atoms with Crippen molar-refractivity contribution < 1.29 is 14.3 Å². The molecule has 4 aromatic rings. The number of likely N-dealkylation sites (N-methyl/N-ethyl adjacent to an activating group) is 2. The molecule has 0 saturated carbocycles. The molecular formula is C31H37N7O3. The van der Waals surface area contributed by atoms with Crippen LogP contribution in [0.2, 0.25) is 0 Å². The Balaban J connectivity index is 1.53. The highest BCUT2D eigenvalue weighted by atomic mass is 16.5. The summed E-state index contributed by atoms with van der Waals surface area (Å²) in [5.74, 6) is 0.721. The van der Waals surface area contributed by atoms with E-state index in [9.17, 15) is 4.79 Å². The fraction of sp³-hybridized carbons (Fsp3) is 0.323. The van der Waals surface area contributed by atoms with Gasteiger partial charge in [0.05, 0.1) is 48.8 Å². The molecule has 0 bridgehead atoms. The summed E-state index contributed by atoms with van der Waals surface area (Å²) in [4.78, 5) is 24.0. The van der Waals surface area contributed by atoms with Gasteiger partial charge in [0.15, 0.2) is 0 Å². The van der Waals surface area contributed by atoms with Gasteiger partial charge in [-0.25, -0.2) is 9.97 Å². The average molecular weight is 556 g/mol. The van der Waals surface area contributed by atoms with Gasteiger partial charge in [-0.2, -0.15) is 0 Å². The monoisotopic (exact) mass is 555 g/mol. The Bertz CT molecular complexity index is 1550. The summed E-state index contributed by atoms with van der Waals surface area (Å²) in [5, 5.41) is 10.8. The van der Waals surface area contributed by atoms with Gasteiger partial charge in [-0.05, 0) is 37.7 Å². The minimum Gasteiger partial charge on any atom is -0.494 e. The van der Waals surface area contributed by atoms with E-state index in [0.717, 1.165) is 60.7 Å². The molecular weight excluding hydrogens is 518 g/mol. The van der Waals surface area contributed by atoms with Crippen LogP contribution in [0.5, 0.6) is 5.75 Å². The van der Waals surface area contributed by atoms with Crippen LogP contribution in [0.25, 0.3) is 22.2 Å². The molecule has 2 aromatic heterocycles. The lowest BCUT2D eigenvalue weighted by Gasteiger charge is -2.27. The second kappa shape index (κ2) is 12.8. The molecule has 41 heavy (non-hydrogen) atoms. The van der Waals surface area contributed by atoms with Crippen molar-refractivity contribution in [2.24, 2.45) is 0 Å². The standard InChI is InChI=1S/C31H37N7O3/c1-5-29(39)34-23-18-24(28(40-4)19-26(23)37(7-3)15-14-32-6-2)36-31-33-13-12-22(35-31)30-21-10-8-9-11-25(21)38-16-17-41-20-27(30)38/h5,8-13,18-19,32H,1,6-7,14-17,20H2,2-4H3,(H,34,39)(H,33,35,36). The minimum atomic E-state index is -0.295. The first-order chi connectivity index (χ1) is 20.1. The lowest BCUT2D eigenvalue weighted by Crippen LogP contribution is -2.32. The van der Waals surface area contributed by atoms with E-state index in [0.29, 0.717) is 36.3 Å². The third kappa shape index (κ3) is 5.89. The second-order valence-electron chi connectivity index (χ2n) is 9.63. The largest absolute Gasteiger partial charge is 0.494 e. The molecule has 3 N–H and O–H groups in total. The Morgan fingerprint density at radius 1 is 1.22 bits per heavy atom. The summed E-state index contributed by atoms with van der Waals surface area (Å²) in [6.45, 7) is 13.0. The van der Waals surface area contributed by atoms with Crippen LogP contribution in [0.15, 0.2) is 61.3 Å². The number of ether oxygens (including phenoxy) is 2. The SMILES string of the molecule is C=CC(=O)Nc1cc(Nc2nccc(-c3c4n(c5ccccc35)CCOC4)n2)c(OC)cc1N(CC)CCNCC. The lowest BCUT2D eigenvalue weighted by atomic mass is 10.1. The van der Waals surface area contributed by atoms with E-state index < -0.39 is 0 Å². The number of anilines is 4. The summed E-state index contributed by atoms with van der Waals surface area (Å²) in [7, 11) is 1.62. The van der Waals surface area contributed by atoms with Crippen molar-refractivity contribution in [3.8, 4) is 17.0 Å². The number of nitrogens with one attached hydrogen (secondary N) is 3. The molecule has 1 aliphatic rings. The highest BCUT2D eigenvalue weighted by Gasteiger charge is 2.23. The molecule has 3 heterocycles. The number of rotatable bonds is 12. The van der Waals surface area contributed by atoms with Gasteiger partial charge in [0.1, 0.15) is 5.75 Å². The first-order valence-electron chi connectivity index (χ1n) is 14.0. The quantitative estimate of drug-likeness (QED) is 0.167. The van der Waals surface area contributed by atoms with Crippen molar-refractivity contribution in [1.29, 1.82) is 0 Å². The van der Waals surface area contributed by atoms with Gasteiger partial charge >= 0.3 is 0 Å². The number of hydrogen-bond acceptors (Lipinski definition) is 8. The molecule has 0 fully saturated rings. The van der Waals surface area contributed by atoms with E-state index in [2.05, 4.69) is 69.0 Å². The summed E-state index contributed by atoms with van der Waals surface area (Å²) < 4.78 is 13.9. The van der Waals surface area contributed by atoms with Crippen LogP contribution in [0.3, 0.4) is 0 Å². The maximum Gasteiger partial charge on any atom is 0.247 e. The number of hydrogen-bond donors (Lipinski definition) is 3. The van der Waals surface area contributed by atoms with Gasteiger partial charge < -0.3 is 34.9 Å². The number of methoxy groups -OCH3 is 1. The van der Waals surface area contributed by atoms with E-state index in [1.165, 1.54) is 11.6 Å². The molecule has 0 radical (unpaired) electrons. The summed E-state index contributed by atoms with van der Waals surface area (Å²) in [6, 6.07) is 14.1. The van der Waals surface area contributed by atoms with Crippen LogP contribution in [-0.2, 0) is 22.7 Å². The molecule has 0 atom stereocenters. The first-order valence-corrected chi connectivity index (χ1v) is 14.0. The fourth-order valence-electron chi connectivity index (χ4n) is 5.27. The number of carbonyl (C=O) groups is 1. The zero-order valence-corrected chi connectivity index (χ0v) is 23.9. The van der Waals surface area contributed by atoms with E-state index in [1.54, 1.807) is 13.3 Å². The van der Waals surface area contributed by atoms with Crippen LogP contribution in [-0.4, -0.2) is 60.3 Å². The number of fused-ring (bicyclic) bond motifs is 3. The smallest absolute Gasteiger partial charge is 0.247 e. The first kappa shape index (κ1) is 28.1. The van der Waals surface area contributed by atoms with E-state index in [4.69, 9.17) is 14.5 Å². The Morgan fingerprint density at radius 3 is 2.85 bits per heavy atom. The zero-order valence-electron chi connectivity index (χ0n) is 23.9. The summed E-state index contributed by atoms with van der Waals surface area (Å²) >= 11 is 0. The highest BCUT2D eigenvalue weighted by molar-refractivity contribution is 6.02. The maximum absolute atomic E-state index is 12.4. The minimum absolute atomic E-state index is 0.295. The van der Waals surface area contributed by atoms with Crippen LogP contribution < -0.4 is 25.6 Å². The molecule has 0 saturated heterocycles. The van der Waals surface area contributed by atoms with E-state index in [1.807, 2.05) is 24.3 Å². The van der Waals surface area contributed by atoms with Crippen LogP contribution in [0, 0.1) is 0 Å². The van der Waals surface area contributed by atoms with Crippen LogP contribution in [0.1, 0.15) is 19.5 Å². The highest BCUT2D eigenvalue weighted by Crippen LogP contribution is 2.39. The van der Waals surface area contributed by atoms with Gasteiger partial charge in [0.2, 0.25) is 11.9 Å². The predicted octanol–water partition coefficient (Wildman–Crippen LogP) is 4.94. The van der Waals surface area contributed by atoms with Gasteiger partial charge in [-0.1, -0.05) is 31.7 Å². The molecule has 0 unspecified atom stereocenters. The molecule has 2 aromatic carbocycles. The van der Waals surface area contributed by atoms with Crippen molar-refractivity contribution in [2.75, 3.05) is 55.4 Å². The van der Waals surface area contributed by atoms with Crippen molar-refractivity contribution in [3.05, 3.63) is 67.0 Å². The number of aromatic nitrogens is 3. The molecule has 214 valence electrons. The predicted molar refractivity (Wildman–Crippen MR) is 164 cm³/mol. The number of para-hydroxylation sites is 1. The van der Waals surface area contributed by atoms with Gasteiger partial charge in [0.25, 0.3) is 0 Å². The van der Waals surface area contributed by atoms with E-state index in [-0.39, 0.29) is 5.91 Å². The van der Waals surface area contributed by atoms with Crippen molar-refractivity contribution in [1.82, 2.24) is 19.9 Å². The molecule has 10 nitrogen and oxygen atoms in total. The number of carbonyl (C=O) groups excluding carboxylic acids is 1. The van der Waals surface area contributed by atoms with Crippen LogP contribution in [0.4, 0.5) is 23.0 Å². The maximum atomic E-state index is 12.4. The lowest BCUT2D eigenvalue weighted by molar-refractivity contribution is -0.111. The topological polar surface area (TPSA) is 106 Å². The van der Waals surface area contributed by atoms with Crippen molar-refractivity contribution in [3.63, 3.8) is 0 Å². The molecule has 5 rings (SSSR count). The summed E-state index contributed by atoms with van der Waals surface area (Å²) in [5.41, 5.74) is 6.24. The normalized spacial score (nSPS) is 12.6. The second-order valence-corrected chi connectivity index (χ2v) is 9.63. The van der Waals surface area contributed by atoms with Crippen molar-refractivity contribution >= 4 is 39.8 Å². The van der Waals surface area contributed by atoms with E-state index >= 15 is 0 Å². The Morgan fingerprint density at radius 2 is 2.07 bits per heavy atom. The zero-order chi connectivity index (χ0) is 28.8. The average Bonchev–Trinajstić information content (AvgIpc) is 3.34. The number of amides is 1. The number of nitrogens with zero attached hydrogens (tertiary/aromatic N) is 4. The fourth-order valence-corrected chi connectivity index (χ4v) is 5.27. The third-order valence-corrected chi connectivity index (χ3v) is 7.23. The molecule has 0 aliphatic carbocycles. The molecule has 1 amide bonds. The third-order valence-electron chi connectivity index (χ3n) is 7.23. The van der Waals surface area contributed by atoms with Crippen LogP contribution >= 0.6 is 0 Å². The number of benzene rings is 2. The van der Waals surface area contributed by atoms with Gasteiger partial charge in [-0.3, -0.25) is 4.79 Å². The Labute approximate surface area is 240 Å².